The van der Waals surface area contributed by atoms with Gasteiger partial charge in [0.1, 0.15) is 4.90 Å². The molecule has 1 aromatic heterocycles. The number of piperazine rings is 1. The van der Waals surface area contributed by atoms with Crippen LogP contribution in [0.1, 0.15) is 10.5 Å². The Bertz CT molecular complexity index is 1180. The second-order valence-corrected chi connectivity index (χ2v) is 9.29. The van der Waals surface area contributed by atoms with Crippen molar-refractivity contribution >= 4 is 39.1 Å². The van der Waals surface area contributed by atoms with Gasteiger partial charge in [0.2, 0.25) is 10.0 Å². The van der Waals surface area contributed by atoms with Gasteiger partial charge in [-0.25, -0.2) is 8.42 Å². The third-order valence-electron chi connectivity index (χ3n) is 4.76. The zero-order chi connectivity index (χ0) is 21.3. The Morgan fingerprint density at radius 2 is 1.63 bits per heavy atom. The molecule has 0 radical (unpaired) electrons. The Morgan fingerprint density at radius 3 is 2.33 bits per heavy atom. The van der Waals surface area contributed by atoms with Crippen LogP contribution in [0.4, 0.5) is 0 Å². The number of amides is 1. The number of hydrogen-bond acceptors (Lipinski definition) is 5. The summed E-state index contributed by atoms with van der Waals surface area (Å²) >= 11 is 12.0. The molecule has 4 rings (SSSR count). The van der Waals surface area contributed by atoms with Crippen LogP contribution in [-0.4, -0.2) is 64.7 Å². The molecule has 1 saturated heterocycles. The summed E-state index contributed by atoms with van der Waals surface area (Å²) in [5, 5.41) is 8.55. The average Bonchev–Trinajstić information content (AvgIpc) is 3.26. The first kappa shape index (κ1) is 20.8. The number of halogens is 2. The molecule has 2 aromatic carbocycles. The summed E-state index contributed by atoms with van der Waals surface area (Å²) < 4.78 is 27.1. The predicted molar refractivity (Wildman–Crippen MR) is 112 cm³/mol. The first-order valence-corrected chi connectivity index (χ1v) is 11.3. The summed E-state index contributed by atoms with van der Waals surface area (Å²) in [6, 6.07) is 13.7. The molecule has 0 bridgehead atoms. The van der Waals surface area contributed by atoms with Crippen molar-refractivity contribution in [3.05, 3.63) is 70.5 Å². The van der Waals surface area contributed by atoms with Crippen molar-refractivity contribution in [2.24, 2.45) is 0 Å². The van der Waals surface area contributed by atoms with Gasteiger partial charge in [-0.2, -0.15) is 14.2 Å². The van der Waals surface area contributed by atoms with E-state index in [0.717, 1.165) is 5.69 Å². The molecule has 156 valence electrons. The molecule has 0 spiro atoms. The van der Waals surface area contributed by atoms with Gasteiger partial charge < -0.3 is 4.90 Å². The van der Waals surface area contributed by atoms with Gasteiger partial charge >= 0.3 is 0 Å². The standard InChI is InChI=1S/C19H17Cl2N5O3S/c20-15-7-4-8-17(18(15)21)30(28,29)25-11-9-24(10-12-25)19(27)16-13-22-26(23-16)14-5-2-1-3-6-14/h1-8,13H,9-12H2. The minimum Gasteiger partial charge on any atom is -0.335 e. The van der Waals surface area contributed by atoms with E-state index in [9.17, 15) is 13.2 Å². The molecule has 0 N–H and O–H groups in total. The first-order valence-electron chi connectivity index (χ1n) is 9.09. The highest BCUT2D eigenvalue weighted by atomic mass is 35.5. The second-order valence-electron chi connectivity index (χ2n) is 6.60. The number of nitrogens with zero attached hydrogens (tertiary/aromatic N) is 5. The number of carbonyl (C=O) groups excluding carboxylic acids is 1. The van der Waals surface area contributed by atoms with Crippen LogP contribution in [0.3, 0.4) is 0 Å². The van der Waals surface area contributed by atoms with E-state index in [1.165, 1.54) is 33.5 Å². The lowest BCUT2D eigenvalue weighted by Gasteiger charge is -2.33. The molecule has 0 saturated carbocycles. The SMILES string of the molecule is O=C(c1cnn(-c2ccccc2)n1)N1CCN(S(=O)(=O)c2cccc(Cl)c2Cl)CC1. The van der Waals surface area contributed by atoms with Gasteiger partial charge in [0, 0.05) is 26.2 Å². The van der Waals surface area contributed by atoms with Crippen molar-refractivity contribution in [2.75, 3.05) is 26.2 Å². The van der Waals surface area contributed by atoms with E-state index in [2.05, 4.69) is 10.2 Å². The number of sulfonamides is 1. The lowest BCUT2D eigenvalue weighted by molar-refractivity contribution is 0.0691. The monoisotopic (exact) mass is 465 g/mol. The Balaban J connectivity index is 1.45. The minimum atomic E-state index is -3.81. The number of benzene rings is 2. The third kappa shape index (κ3) is 3.93. The van der Waals surface area contributed by atoms with Crippen LogP contribution < -0.4 is 0 Å². The van der Waals surface area contributed by atoms with Crippen LogP contribution in [0.2, 0.25) is 10.0 Å². The fourth-order valence-electron chi connectivity index (χ4n) is 3.16. The molecule has 1 aliphatic rings. The van der Waals surface area contributed by atoms with Crippen molar-refractivity contribution in [3.8, 4) is 5.69 Å². The molecule has 3 aromatic rings. The van der Waals surface area contributed by atoms with Crippen LogP contribution in [-0.2, 0) is 10.0 Å². The summed E-state index contributed by atoms with van der Waals surface area (Å²) in [5.41, 5.74) is 0.943. The molecule has 0 aliphatic carbocycles. The van der Waals surface area contributed by atoms with Crippen molar-refractivity contribution in [1.29, 1.82) is 0 Å². The van der Waals surface area contributed by atoms with E-state index in [1.54, 1.807) is 4.90 Å². The summed E-state index contributed by atoms with van der Waals surface area (Å²) in [4.78, 5) is 15.7. The smallest absolute Gasteiger partial charge is 0.276 e. The van der Waals surface area contributed by atoms with E-state index in [4.69, 9.17) is 23.2 Å². The first-order chi connectivity index (χ1) is 14.4. The highest BCUT2D eigenvalue weighted by Gasteiger charge is 2.32. The maximum Gasteiger partial charge on any atom is 0.276 e. The maximum absolute atomic E-state index is 12.9. The van der Waals surface area contributed by atoms with E-state index in [-0.39, 0.29) is 52.7 Å². The molecule has 30 heavy (non-hydrogen) atoms. The summed E-state index contributed by atoms with van der Waals surface area (Å²) in [6.45, 7) is 0.746. The highest BCUT2D eigenvalue weighted by Crippen LogP contribution is 2.31. The van der Waals surface area contributed by atoms with Crippen molar-refractivity contribution in [2.45, 2.75) is 4.90 Å². The molecule has 0 unspecified atom stereocenters. The van der Waals surface area contributed by atoms with Crippen molar-refractivity contribution in [1.82, 2.24) is 24.2 Å². The Hall–Kier alpha value is -2.46. The van der Waals surface area contributed by atoms with Gasteiger partial charge in [0.05, 0.1) is 21.9 Å². The second kappa shape index (κ2) is 8.35. The summed E-state index contributed by atoms with van der Waals surface area (Å²) in [6.07, 6.45) is 1.41. The number of aromatic nitrogens is 3. The number of carbonyl (C=O) groups is 1. The lowest BCUT2D eigenvalue weighted by Crippen LogP contribution is -2.50. The van der Waals surface area contributed by atoms with E-state index in [0.29, 0.717) is 0 Å². The largest absolute Gasteiger partial charge is 0.335 e. The van der Waals surface area contributed by atoms with Crippen LogP contribution in [0.25, 0.3) is 5.69 Å². The van der Waals surface area contributed by atoms with Gasteiger partial charge in [-0.15, -0.1) is 5.10 Å². The van der Waals surface area contributed by atoms with Crippen LogP contribution in [0, 0.1) is 0 Å². The molecule has 1 fully saturated rings. The fourth-order valence-corrected chi connectivity index (χ4v) is 5.32. The van der Waals surface area contributed by atoms with Crippen LogP contribution in [0.15, 0.2) is 59.6 Å². The molecule has 8 nitrogen and oxygen atoms in total. The van der Waals surface area contributed by atoms with Gasteiger partial charge in [0.15, 0.2) is 5.69 Å². The van der Waals surface area contributed by atoms with Gasteiger partial charge in [-0.05, 0) is 24.3 Å². The zero-order valence-corrected chi connectivity index (χ0v) is 18.0. The molecule has 0 atom stereocenters. The van der Waals surface area contributed by atoms with Gasteiger partial charge in [-0.1, -0.05) is 47.5 Å². The van der Waals surface area contributed by atoms with Crippen LogP contribution in [0.5, 0.6) is 0 Å². The molecular weight excluding hydrogens is 449 g/mol. The van der Waals surface area contributed by atoms with E-state index >= 15 is 0 Å². The van der Waals surface area contributed by atoms with Crippen LogP contribution >= 0.6 is 23.2 Å². The fraction of sp³-hybridized carbons (Fsp3) is 0.211. The minimum absolute atomic E-state index is 0.00445. The molecular formula is C19H17Cl2N5O3S. The van der Waals surface area contributed by atoms with Crippen molar-refractivity contribution in [3.63, 3.8) is 0 Å². The molecule has 11 heteroatoms. The highest BCUT2D eigenvalue weighted by molar-refractivity contribution is 7.89. The Kier molecular flexibility index (Phi) is 5.79. The van der Waals surface area contributed by atoms with E-state index in [1.807, 2.05) is 30.3 Å². The average molecular weight is 466 g/mol. The Morgan fingerprint density at radius 1 is 0.933 bits per heavy atom. The van der Waals surface area contributed by atoms with Gasteiger partial charge in [-0.3, -0.25) is 4.79 Å². The van der Waals surface area contributed by atoms with E-state index < -0.39 is 10.0 Å². The number of para-hydroxylation sites is 1. The Labute approximate surface area is 183 Å². The maximum atomic E-state index is 12.9. The summed E-state index contributed by atoms with van der Waals surface area (Å²) in [7, 11) is -3.81. The lowest BCUT2D eigenvalue weighted by atomic mass is 10.3. The molecule has 1 amide bonds. The quantitative estimate of drug-likeness (QED) is 0.590. The summed E-state index contributed by atoms with van der Waals surface area (Å²) in [5.74, 6) is -0.296. The number of rotatable bonds is 4. The van der Waals surface area contributed by atoms with Gasteiger partial charge in [0.25, 0.3) is 5.91 Å². The predicted octanol–water partition coefficient (Wildman–Crippen LogP) is 2.72. The topological polar surface area (TPSA) is 88.4 Å². The molecule has 1 aliphatic heterocycles. The van der Waals surface area contributed by atoms with Crippen molar-refractivity contribution < 1.29 is 13.2 Å². The zero-order valence-electron chi connectivity index (χ0n) is 15.6. The number of hydrogen-bond donors (Lipinski definition) is 0. The molecule has 2 heterocycles. The third-order valence-corrected chi connectivity index (χ3v) is 7.63. The normalized spacial score (nSPS) is 15.3.